The summed E-state index contributed by atoms with van der Waals surface area (Å²) >= 11 is 0. The highest BCUT2D eigenvalue weighted by Crippen LogP contribution is 2.37. The van der Waals surface area contributed by atoms with Gasteiger partial charge in [0, 0.05) is 37.1 Å². The molecule has 0 saturated carbocycles. The molecule has 0 N–H and O–H groups in total. The van der Waals surface area contributed by atoms with Crippen molar-refractivity contribution in [2.75, 3.05) is 37.7 Å². The number of carbonyl (C=O) groups is 1. The predicted molar refractivity (Wildman–Crippen MR) is 118 cm³/mol. The van der Waals surface area contributed by atoms with E-state index in [1.165, 1.54) is 0 Å². The highest BCUT2D eigenvalue weighted by atomic mass is 32.2. The van der Waals surface area contributed by atoms with Gasteiger partial charge >= 0.3 is 0 Å². The molecule has 1 amide bonds. The zero-order valence-corrected chi connectivity index (χ0v) is 17.4. The number of nitrogens with zero attached hydrogens (tertiary/aromatic N) is 3. The van der Waals surface area contributed by atoms with Crippen LogP contribution < -0.4 is 4.90 Å². The average Bonchev–Trinajstić information content (AvgIpc) is 3.03. The van der Waals surface area contributed by atoms with Gasteiger partial charge in [-0.15, -0.1) is 0 Å². The maximum absolute atomic E-state index is 13.0. The van der Waals surface area contributed by atoms with E-state index in [0.29, 0.717) is 32.8 Å². The Kier molecular flexibility index (Phi) is 4.81. The van der Waals surface area contributed by atoms with E-state index in [2.05, 4.69) is 4.90 Å². The van der Waals surface area contributed by atoms with E-state index in [0.717, 1.165) is 27.6 Å². The van der Waals surface area contributed by atoms with Gasteiger partial charge in [0.15, 0.2) is 0 Å². The summed E-state index contributed by atoms with van der Waals surface area (Å²) in [4.78, 5) is 16.9. The lowest BCUT2D eigenvalue weighted by Gasteiger charge is -2.36. The molecule has 1 fully saturated rings. The first-order valence-electron chi connectivity index (χ1n) is 10.1. The fraction of sp³-hybridized carbons (Fsp3) is 0.261. The van der Waals surface area contributed by atoms with Crippen LogP contribution in [0.15, 0.2) is 66.7 Å². The first-order valence-corrected chi connectivity index (χ1v) is 11.7. The molecule has 3 aromatic carbocycles. The zero-order chi connectivity index (χ0) is 20.7. The second-order valence-corrected chi connectivity index (χ2v) is 9.78. The van der Waals surface area contributed by atoms with Crippen molar-refractivity contribution in [1.29, 1.82) is 0 Å². The number of piperazine rings is 1. The Balaban J connectivity index is 1.26. The Bertz CT molecular complexity index is 1200. The van der Waals surface area contributed by atoms with Crippen molar-refractivity contribution in [2.45, 2.75) is 5.75 Å². The molecule has 2 aliphatic rings. The van der Waals surface area contributed by atoms with Crippen molar-refractivity contribution < 1.29 is 13.2 Å². The number of sulfonamides is 1. The Hall–Kier alpha value is -2.74. The van der Waals surface area contributed by atoms with Gasteiger partial charge in [-0.1, -0.05) is 54.6 Å². The number of carbonyl (C=O) groups excluding carboxylic acids is 1. The summed E-state index contributed by atoms with van der Waals surface area (Å²) in [7, 11) is -3.35. The van der Waals surface area contributed by atoms with Crippen LogP contribution in [0.1, 0.15) is 15.9 Å². The van der Waals surface area contributed by atoms with E-state index in [-0.39, 0.29) is 11.7 Å². The Morgan fingerprint density at radius 2 is 1.50 bits per heavy atom. The van der Waals surface area contributed by atoms with E-state index in [1.54, 1.807) is 4.31 Å². The maximum atomic E-state index is 13.0. The van der Waals surface area contributed by atoms with Gasteiger partial charge in [-0.2, -0.15) is 4.31 Å². The lowest BCUT2D eigenvalue weighted by Crippen LogP contribution is -2.52. The van der Waals surface area contributed by atoms with E-state index in [4.69, 9.17) is 0 Å². The van der Waals surface area contributed by atoms with Crippen molar-refractivity contribution in [1.82, 2.24) is 9.21 Å². The van der Waals surface area contributed by atoms with Gasteiger partial charge in [-0.25, -0.2) is 8.42 Å². The second kappa shape index (κ2) is 7.50. The number of amides is 1. The lowest BCUT2D eigenvalue weighted by molar-refractivity contribution is 0.0963. The van der Waals surface area contributed by atoms with Crippen LogP contribution in [0.5, 0.6) is 0 Å². The molecule has 5 rings (SSSR count). The van der Waals surface area contributed by atoms with E-state index >= 15 is 0 Å². The molecule has 0 spiro atoms. The number of rotatable bonds is 5. The number of anilines is 1. The SMILES string of the molecule is O=C1c2cccc3cccc(c23)N1CN1CCN(S(=O)(=O)Cc2ccccc2)CC1. The minimum absolute atomic E-state index is 0.0147. The van der Waals surface area contributed by atoms with Crippen LogP contribution in [0.3, 0.4) is 0 Å². The van der Waals surface area contributed by atoms with Crippen LogP contribution in [0.4, 0.5) is 5.69 Å². The molecule has 1 saturated heterocycles. The molecule has 2 aliphatic heterocycles. The van der Waals surface area contributed by atoms with E-state index in [1.807, 2.05) is 71.6 Å². The molecular formula is C23H23N3O3S. The van der Waals surface area contributed by atoms with Crippen LogP contribution >= 0.6 is 0 Å². The van der Waals surface area contributed by atoms with Crippen molar-refractivity contribution in [3.05, 3.63) is 77.9 Å². The topological polar surface area (TPSA) is 60.9 Å². The van der Waals surface area contributed by atoms with Crippen LogP contribution in [-0.4, -0.2) is 56.4 Å². The van der Waals surface area contributed by atoms with Gasteiger partial charge < -0.3 is 0 Å². The lowest BCUT2D eigenvalue weighted by atomic mass is 10.1. The molecule has 0 radical (unpaired) electrons. The summed E-state index contributed by atoms with van der Waals surface area (Å²) in [6.45, 7) is 2.55. The highest BCUT2D eigenvalue weighted by molar-refractivity contribution is 7.88. The molecule has 0 aromatic heterocycles. The standard InChI is InChI=1S/C23H23N3O3S/c27-23-20-10-4-8-19-9-5-11-21(22(19)20)26(23)17-24-12-14-25(15-13-24)30(28,29)16-18-6-2-1-3-7-18/h1-11H,12-17H2. The van der Waals surface area contributed by atoms with Crippen molar-refractivity contribution in [2.24, 2.45) is 0 Å². The molecule has 30 heavy (non-hydrogen) atoms. The third-order valence-electron chi connectivity index (χ3n) is 5.91. The van der Waals surface area contributed by atoms with Crippen molar-refractivity contribution >= 4 is 32.4 Å². The maximum Gasteiger partial charge on any atom is 0.260 e. The molecule has 0 atom stereocenters. The summed E-state index contributed by atoms with van der Waals surface area (Å²) in [5.41, 5.74) is 2.48. The molecule has 7 heteroatoms. The van der Waals surface area contributed by atoms with Gasteiger partial charge in [-0.3, -0.25) is 14.6 Å². The quantitative estimate of drug-likeness (QED) is 0.636. The van der Waals surface area contributed by atoms with E-state index in [9.17, 15) is 13.2 Å². The second-order valence-electron chi connectivity index (χ2n) is 7.81. The average molecular weight is 422 g/mol. The summed E-state index contributed by atoms with van der Waals surface area (Å²) in [5, 5.41) is 2.08. The Labute approximate surface area is 176 Å². The molecule has 0 unspecified atom stereocenters. The van der Waals surface area contributed by atoms with Crippen molar-refractivity contribution in [3.8, 4) is 0 Å². The minimum Gasteiger partial charge on any atom is -0.294 e. The zero-order valence-electron chi connectivity index (χ0n) is 16.6. The van der Waals surface area contributed by atoms with E-state index < -0.39 is 10.0 Å². The highest BCUT2D eigenvalue weighted by Gasteiger charge is 2.33. The first-order chi connectivity index (χ1) is 14.5. The van der Waals surface area contributed by atoms with Crippen LogP contribution in [0.25, 0.3) is 10.8 Å². The largest absolute Gasteiger partial charge is 0.294 e. The monoisotopic (exact) mass is 421 g/mol. The molecule has 0 bridgehead atoms. The van der Waals surface area contributed by atoms with Gasteiger partial charge in [0.25, 0.3) is 5.91 Å². The van der Waals surface area contributed by atoms with Gasteiger partial charge in [0.2, 0.25) is 10.0 Å². The molecule has 2 heterocycles. The number of benzene rings is 3. The fourth-order valence-electron chi connectivity index (χ4n) is 4.34. The smallest absolute Gasteiger partial charge is 0.260 e. The Morgan fingerprint density at radius 3 is 2.23 bits per heavy atom. The predicted octanol–water partition coefficient (Wildman–Crippen LogP) is 2.91. The molecule has 0 aliphatic carbocycles. The number of hydrogen-bond donors (Lipinski definition) is 0. The minimum atomic E-state index is -3.35. The van der Waals surface area contributed by atoms with Crippen LogP contribution in [0, 0.1) is 0 Å². The molecule has 6 nitrogen and oxygen atoms in total. The number of hydrogen-bond acceptors (Lipinski definition) is 4. The normalized spacial score (nSPS) is 17.7. The summed E-state index contributed by atoms with van der Waals surface area (Å²) in [6.07, 6.45) is 0. The third kappa shape index (κ3) is 3.39. The summed E-state index contributed by atoms with van der Waals surface area (Å²) in [5.74, 6) is 0.0383. The summed E-state index contributed by atoms with van der Waals surface area (Å²) in [6, 6.07) is 21.1. The summed E-state index contributed by atoms with van der Waals surface area (Å²) < 4.78 is 27.1. The van der Waals surface area contributed by atoms with Crippen LogP contribution in [0.2, 0.25) is 0 Å². The third-order valence-corrected chi connectivity index (χ3v) is 7.76. The Morgan fingerprint density at radius 1 is 0.800 bits per heavy atom. The fourth-order valence-corrected chi connectivity index (χ4v) is 5.86. The van der Waals surface area contributed by atoms with Crippen molar-refractivity contribution in [3.63, 3.8) is 0 Å². The van der Waals surface area contributed by atoms with Gasteiger partial charge in [0.1, 0.15) is 0 Å². The van der Waals surface area contributed by atoms with Crippen LogP contribution in [-0.2, 0) is 15.8 Å². The molecular weight excluding hydrogens is 398 g/mol. The van der Waals surface area contributed by atoms with Gasteiger partial charge in [0.05, 0.1) is 18.1 Å². The molecule has 3 aromatic rings. The van der Waals surface area contributed by atoms with Gasteiger partial charge in [-0.05, 0) is 23.1 Å². The first kappa shape index (κ1) is 19.2. The molecule has 154 valence electrons.